The Morgan fingerprint density at radius 2 is 1.72 bits per heavy atom. The zero-order valence-corrected chi connectivity index (χ0v) is 15.6. The average molecular weight is 357 g/mol. The first-order valence-electron chi connectivity index (χ1n) is 8.59. The van der Waals surface area contributed by atoms with Crippen molar-refractivity contribution >= 4 is 17.7 Å². The molecule has 1 heterocycles. The van der Waals surface area contributed by atoms with Gasteiger partial charge in [0.25, 0.3) is 5.91 Å². The molecule has 0 unspecified atom stereocenters. The summed E-state index contributed by atoms with van der Waals surface area (Å²) in [6.45, 7) is 4.63. The van der Waals surface area contributed by atoms with Gasteiger partial charge in [-0.1, -0.05) is 12.1 Å². The van der Waals surface area contributed by atoms with Crippen molar-refractivity contribution in [1.29, 1.82) is 0 Å². The van der Waals surface area contributed by atoms with E-state index in [1.165, 1.54) is 15.4 Å². The average Bonchev–Trinajstić information content (AvgIpc) is 2.69. The third kappa shape index (κ3) is 4.55. The topological polar surface area (TPSA) is 34.0 Å². The highest BCUT2D eigenvalue weighted by molar-refractivity contribution is 7.98. The molecule has 25 heavy (non-hydrogen) atoms. The molecular formula is C20H25N2O2S+. The number of nitrogens with zero attached hydrogens (tertiary/aromatic N) is 1. The van der Waals surface area contributed by atoms with Crippen molar-refractivity contribution in [2.75, 3.05) is 39.5 Å². The molecule has 3 rings (SSSR count). The number of thioether (sulfide) groups is 1. The Balaban J connectivity index is 1.52. The summed E-state index contributed by atoms with van der Waals surface area (Å²) in [5.41, 5.74) is 2.10. The Morgan fingerprint density at radius 3 is 2.28 bits per heavy atom. The van der Waals surface area contributed by atoms with Crippen LogP contribution in [0.15, 0.2) is 53.4 Å². The predicted molar refractivity (Wildman–Crippen MR) is 102 cm³/mol. The molecule has 0 aliphatic carbocycles. The lowest BCUT2D eigenvalue weighted by atomic mass is 10.1. The van der Waals surface area contributed by atoms with Crippen molar-refractivity contribution in [3.8, 4) is 5.75 Å². The fourth-order valence-corrected chi connectivity index (χ4v) is 3.56. The third-order valence-corrected chi connectivity index (χ3v) is 5.45. The van der Waals surface area contributed by atoms with Gasteiger partial charge in [0.15, 0.2) is 0 Å². The number of ether oxygens (including phenoxy) is 1. The number of amides is 1. The Labute approximate surface area is 153 Å². The molecule has 2 aromatic rings. The summed E-state index contributed by atoms with van der Waals surface area (Å²) < 4.78 is 5.15. The second-order valence-electron chi connectivity index (χ2n) is 6.30. The van der Waals surface area contributed by atoms with Crippen molar-refractivity contribution in [2.24, 2.45) is 0 Å². The van der Waals surface area contributed by atoms with Gasteiger partial charge < -0.3 is 14.5 Å². The van der Waals surface area contributed by atoms with Crippen LogP contribution in [0.4, 0.5) is 0 Å². The summed E-state index contributed by atoms with van der Waals surface area (Å²) in [6, 6.07) is 16.2. The van der Waals surface area contributed by atoms with Crippen molar-refractivity contribution < 1.29 is 14.4 Å². The minimum Gasteiger partial charge on any atom is -0.497 e. The molecule has 0 bridgehead atoms. The highest BCUT2D eigenvalue weighted by atomic mass is 32.2. The van der Waals surface area contributed by atoms with Crippen LogP contribution in [0.1, 0.15) is 15.9 Å². The zero-order valence-electron chi connectivity index (χ0n) is 14.8. The number of rotatable bonds is 5. The molecule has 0 aromatic heterocycles. The molecule has 4 nitrogen and oxygen atoms in total. The van der Waals surface area contributed by atoms with Crippen molar-refractivity contribution in [2.45, 2.75) is 11.4 Å². The van der Waals surface area contributed by atoms with Crippen LogP contribution < -0.4 is 9.64 Å². The highest BCUT2D eigenvalue weighted by Crippen LogP contribution is 2.15. The van der Waals surface area contributed by atoms with Crippen molar-refractivity contribution in [3.05, 3.63) is 59.7 Å². The fourth-order valence-electron chi connectivity index (χ4n) is 3.15. The minimum atomic E-state index is 0.117. The van der Waals surface area contributed by atoms with E-state index in [0.717, 1.165) is 44.0 Å². The molecule has 1 fully saturated rings. The predicted octanol–water partition coefficient (Wildman–Crippen LogP) is 1.96. The standard InChI is InChI=1S/C20H24N2O2S/c1-24-18-7-5-17(6-8-18)20(23)22-13-11-21(12-14-22)15-16-3-9-19(25-2)10-4-16/h3-10H,11-15H2,1-2H3/p+1. The van der Waals surface area contributed by atoms with E-state index >= 15 is 0 Å². The first-order chi connectivity index (χ1) is 12.2. The van der Waals surface area contributed by atoms with Crippen LogP contribution in [-0.2, 0) is 6.54 Å². The van der Waals surface area contributed by atoms with Crippen LogP contribution in [0, 0.1) is 0 Å². The molecule has 1 aliphatic heterocycles. The fraction of sp³-hybridized carbons (Fsp3) is 0.350. The van der Waals surface area contributed by atoms with Gasteiger partial charge in [0.05, 0.1) is 33.3 Å². The van der Waals surface area contributed by atoms with E-state index in [1.54, 1.807) is 18.9 Å². The van der Waals surface area contributed by atoms with Crippen LogP contribution in [-0.4, -0.2) is 50.4 Å². The lowest BCUT2D eigenvalue weighted by Gasteiger charge is -2.32. The number of benzene rings is 2. The molecule has 132 valence electrons. The summed E-state index contributed by atoms with van der Waals surface area (Å²) in [7, 11) is 1.63. The van der Waals surface area contributed by atoms with Crippen LogP contribution in [0.25, 0.3) is 0 Å². The molecule has 0 radical (unpaired) electrons. The smallest absolute Gasteiger partial charge is 0.254 e. The molecule has 1 N–H and O–H groups in total. The lowest BCUT2D eigenvalue weighted by Crippen LogP contribution is -3.13. The number of carbonyl (C=O) groups excluding carboxylic acids is 1. The Morgan fingerprint density at radius 1 is 1.08 bits per heavy atom. The quantitative estimate of drug-likeness (QED) is 0.831. The summed E-state index contributed by atoms with van der Waals surface area (Å²) in [5.74, 6) is 0.893. The zero-order chi connectivity index (χ0) is 17.6. The monoisotopic (exact) mass is 357 g/mol. The van der Waals surface area contributed by atoms with E-state index in [4.69, 9.17) is 4.74 Å². The van der Waals surface area contributed by atoms with Crippen molar-refractivity contribution in [3.63, 3.8) is 0 Å². The van der Waals surface area contributed by atoms with Gasteiger partial charge in [0.2, 0.25) is 0 Å². The van der Waals surface area contributed by atoms with Gasteiger partial charge in [0, 0.05) is 16.0 Å². The number of methoxy groups -OCH3 is 1. The molecular weight excluding hydrogens is 332 g/mol. The molecule has 0 spiro atoms. The van der Waals surface area contributed by atoms with Gasteiger partial charge in [0.1, 0.15) is 12.3 Å². The van der Waals surface area contributed by atoms with E-state index in [-0.39, 0.29) is 5.91 Å². The number of piperazine rings is 1. The molecule has 1 amide bonds. The largest absolute Gasteiger partial charge is 0.497 e. The Kier molecular flexibility index (Phi) is 6.00. The van der Waals surface area contributed by atoms with Gasteiger partial charge >= 0.3 is 0 Å². The summed E-state index contributed by atoms with van der Waals surface area (Å²) >= 11 is 1.77. The van der Waals surface area contributed by atoms with E-state index in [1.807, 2.05) is 29.2 Å². The SMILES string of the molecule is COc1ccc(C(=O)N2CC[NH+](Cc3ccc(SC)cc3)CC2)cc1. The van der Waals surface area contributed by atoms with Crippen LogP contribution in [0.3, 0.4) is 0 Å². The molecule has 1 aliphatic rings. The number of hydrogen-bond acceptors (Lipinski definition) is 3. The number of carbonyl (C=O) groups is 1. The number of hydrogen-bond donors (Lipinski definition) is 1. The second kappa shape index (κ2) is 8.41. The van der Waals surface area contributed by atoms with Gasteiger partial charge in [-0.2, -0.15) is 0 Å². The van der Waals surface area contributed by atoms with Gasteiger partial charge in [-0.3, -0.25) is 4.79 Å². The minimum absolute atomic E-state index is 0.117. The highest BCUT2D eigenvalue weighted by Gasteiger charge is 2.24. The van der Waals surface area contributed by atoms with Crippen LogP contribution >= 0.6 is 11.8 Å². The third-order valence-electron chi connectivity index (χ3n) is 4.71. The van der Waals surface area contributed by atoms with Gasteiger partial charge in [-0.25, -0.2) is 0 Å². The van der Waals surface area contributed by atoms with E-state index in [0.29, 0.717) is 0 Å². The number of quaternary nitrogens is 1. The second-order valence-corrected chi connectivity index (χ2v) is 7.18. The Bertz CT molecular complexity index is 693. The van der Waals surface area contributed by atoms with Gasteiger partial charge in [-0.15, -0.1) is 11.8 Å². The normalized spacial score (nSPS) is 15.2. The lowest BCUT2D eigenvalue weighted by molar-refractivity contribution is -0.917. The summed E-state index contributed by atoms with van der Waals surface area (Å²) in [5, 5.41) is 0. The summed E-state index contributed by atoms with van der Waals surface area (Å²) in [6.07, 6.45) is 2.10. The maximum absolute atomic E-state index is 12.6. The maximum atomic E-state index is 12.6. The first-order valence-corrected chi connectivity index (χ1v) is 9.82. The first kappa shape index (κ1) is 17.8. The van der Waals surface area contributed by atoms with E-state index < -0.39 is 0 Å². The molecule has 1 saturated heterocycles. The maximum Gasteiger partial charge on any atom is 0.254 e. The van der Waals surface area contributed by atoms with E-state index in [9.17, 15) is 4.79 Å². The van der Waals surface area contributed by atoms with E-state index in [2.05, 4.69) is 30.5 Å². The number of nitrogens with one attached hydrogen (secondary N) is 1. The Hall–Kier alpha value is -1.98. The molecule has 2 aromatic carbocycles. The van der Waals surface area contributed by atoms with Crippen molar-refractivity contribution in [1.82, 2.24) is 4.90 Å². The van der Waals surface area contributed by atoms with Crippen LogP contribution in [0.2, 0.25) is 0 Å². The van der Waals surface area contributed by atoms with Gasteiger partial charge in [-0.05, 0) is 42.7 Å². The molecule has 0 atom stereocenters. The molecule has 5 heteroatoms. The molecule has 0 saturated carbocycles. The van der Waals surface area contributed by atoms with Crippen LogP contribution in [0.5, 0.6) is 5.75 Å². The summed E-state index contributed by atoms with van der Waals surface area (Å²) in [4.78, 5) is 17.4.